The highest BCUT2D eigenvalue weighted by atomic mass is 16.5. The molecular weight excluding hydrogens is 468 g/mol. The van der Waals surface area contributed by atoms with Gasteiger partial charge in [-0.05, 0) is 48.6 Å². The van der Waals surface area contributed by atoms with Crippen LogP contribution in [0.5, 0.6) is 0 Å². The number of nitrogens with two attached hydrogens (primary N) is 1. The Labute approximate surface area is 219 Å². The molecule has 0 saturated carbocycles. The Morgan fingerprint density at radius 2 is 1.78 bits per heavy atom. The number of oxazole rings is 1. The summed E-state index contributed by atoms with van der Waals surface area (Å²) in [5, 5.41) is 2.86. The summed E-state index contributed by atoms with van der Waals surface area (Å²) in [4.78, 5) is 32.3. The summed E-state index contributed by atoms with van der Waals surface area (Å²) >= 11 is 0. The molecule has 1 unspecified atom stereocenters. The molecular formula is C29H38N4O4. The Bertz CT molecular complexity index is 1140. The highest BCUT2D eigenvalue weighted by Crippen LogP contribution is 2.22. The van der Waals surface area contributed by atoms with Crippen molar-refractivity contribution in [1.29, 1.82) is 0 Å². The van der Waals surface area contributed by atoms with Crippen LogP contribution in [-0.4, -0.2) is 54.0 Å². The molecule has 3 aromatic rings. The van der Waals surface area contributed by atoms with Crippen LogP contribution in [0, 0.1) is 0 Å². The van der Waals surface area contributed by atoms with Crippen molar-refractivity contribution in [2.45, 2.75) is 52.7 Å². The molecule has 0 aliphatic rings. The average molecular weight is 507 g/mol. The Balaban J connectivity index is 1.66. The van der Waals surface area contributed by atoms with E-state index in [1.165, 1.54) is 18.0 Å². The minimum absolute atomic E-state index is 0.122. The average Bonchev–Trinajstić information content (AvgIpc) is 3.46. The third-order valence-electron chi connectivity index (χ3n) is 5.92. The minimum Gasteiger partial charge on any atom is -0.445 e. The van der Waals surface area contributed by atoms with Crippen LogP contribution in [0.2, 0.25) is 0 Å². The quantitative estimate of drug-likeness (QED) is 0.334. The van der Waals surface area contributed by atoms with Crippen LogP contribution in [0.1, 0.15) is 65.5 Å². The predicted molar refractivity (Wildman–Crippen MR) is 144 cm³/mol. The van der Waals surface area contributed by atoms with Gasteiger partial charge in [0.2, 0.25) is 5.89 Å². The molecule has 1 aromatic heterocycles. The topological polar surface area (TPSA) is 111 Å². The zero-order chi connectivity index (χ0) is 26.6. The number of nitrogens with one attached hydrogen (secondary N) is 1. The predicted octanol–water partition coefficient (Wildman–Crippen LogP) is 4.44. The number of ether oxygens (including phenoxy) is 1. The monoisotopic (exact) mass is 506 g/mol. The summed E-state index contributed by atoms with van der Waals surface area (Å²) in [6.45, 7) is 8.48. The van der Waals surface area contributed by atoms with Crippen molar-refractivity contribution in [2.24, 2.45) is 5.73 Å². The number of nitrogens with zero attached hydrogens (tertiary/aromatic N) is 2. The normalized spacial score (nSPS) is 11.8. The number of benzene rings is 2. The lowest BCUT2D eigenvalue weighted by Gasteiger charge is -2.22. The molecule has 0 aliphatic carbocycles. The van der Waals surface area contributed by atoms with E-state index in [0.29, 0.717) is 48.9 Å². The molecule has 1 atom stereocenters. The zero-order valence-electron chi connectivity index (χ0n) is 22.0. The van der Waals surface area contributed by atoms with Gasteiger partial charge in [-0.1, -0.05) is 45.0 Å². The molecule has 8 heteroatoms. The van der Waals surface area contributed by atoms with Crippen molar-refractivity contribution < 1.29 is 18.7 Å². The number of aromatic nitrogens is 1. The summed E-state index contributed by atoms with van der Waals surface area (Å²) in [6.07, 6.45) is 5.66. The van der Waals surface area contributed by atoms with Gasteiger partial charge in [-0.2, -0.15) is 0 Å². The van der Waals surface area contributed by atoms with E-state index in [0.717, 1.165) is 24.8 Å². The number of carbonyl (C=O) groups excluding carboxylic acids is 2. The van der Waals surface area contributed by atoms with E-state index < -0.39 is 0 Å². The van der Waals surface area contributed by atoms with Gasteiger partial charge in [-0.15, -0.1) is 0 Å². The summed E-state index contributed by atoms with van der Waals surface area (Å²) in [7, 11) is 0. The lowest BCUT2D eigenvalue weighted by molar-refractivity contribution is 0.0755. The molecule has 3 N–H and O–H groups in total. The number of carbonyl (C=O) groups is 2. The molecule has 2 aromatic carbocycles. The van der Waals surface area contributed by atoms with Gasteiger partial charge in [0.15, 0.2) is 0 Å². The highest BCUT2D eigenvalue weighted by molar-refractivity contribution is 6.01. The fraction of sp³-hybridized carbons (Fsp3) is 0.414. The lowest BCUT2D eigenvalue weighted by atomic mass is 10.0. The van der Waals surface area contributed by atoms with E-state index in [9.17, 15) is 9.59 Å². The first-order valence-electron chi connectivity index (χ1n) is 13.0. The number of hydrogen-bond acceptors (Lipinski definition) is 6. The van der Waals surface area contributed by atoms with Gasteiger partial charge in [-0.3, -0.25) is 9.59 Å². The van der Waals surface area contributed by atoms with Crippen LogP contribution < -0.4 is 11.1 Å². The second-order valence-electron chi connectivity index (χ2n) is 9.09. The molecule has 0 radical (unpaired) electrons. The van der Waals surface area contributed by atoms with Crippen molar-refractivity contribution in [3.63, 3.8) is 0 Å². The standard InChI is InChI=1S/C29H38N4O4/c1-4-11-33(12-5-2)29(35)25-16-23(15-24(17-25)28-31-10-13-37-28)27(34)32-18-26(30)20-36-19-22-9-7-8-21(6-3)14-22/h7-10,13-17,26H,4-6,11-12,18-20,30H2,1-3H3,(H,32,34). The zero-order valence-corrected chi connectivity index (χ0v) is 22.0. The third-order valence-corrected chi connectivity index (χ3v) is 5.92. The van der Waals surface area contributed by atoms with Gasteiger partial charge in [0.1, 0.15) is 6.26 Å². The van der Waals surface area contributed by atoms with E-state index >= 15 is 0 Å². The molecule has 37 heavy (non-hydrogen) atoms. The fourth-order valence-corrected chi connectivity index (χ4v) is 4.06. The van der Waals surface area contributed by atoms with Crippen molar-refractivity contribution in [2.75, 3.05) is 26.2 Å². The Kier molecular flexibility index (Phi) is 10.9. The molecule has 0 saturated heterocycles. The molecule has 0 bridgehead atoms. The second kappa shape index (κ2) is 14.3. The van der Waals surface area contributed by atoms with Gasteiger partial charge in [-0.25, -0.2) is 4.98 Å². The summed E-state index contributed by atoms with van der Waals surface area (Å²) in [5.74, 6) is -0.104. The smallest absolute Gasteiger partial charge is 0.253 e. The molecule has 0 spiro atoms. The minimum atomic E-state index is -0.376. The first-order chi connectivity index (χ1) is 17.9. The van der Waals surface area contributed by atoms with Gasteiger partial charge in [0, 0.05) is 42.4 Å². The maximum Gasteiger partial charge on any atom is 0.253 e. The van der Waals surface area contributed by atoms with Crippen molar-refractivity contribution in [1.82, 2.24) is 15.2 Å². The van der Waals surface area contributed by atoms with E-state index in [1.54, 1.807) is 23.1 Å². The molecule has 0 fully saturated rings. The van der Waals surface area contributed by atoms with Crippen LogP contribution in [0.4, 0.5) is 0 Å². The summed E-state index contributed by atoms with van der Waals surface area (Å²) < 4.78 is 11.2. The van der Waals surface area contributed by atoms with E-state index in [2.05, 4.69) is 29.4 Å². The lowest BCUT2D eigenvalue weighted by Crippen LogP contribution is -2.40. The molecule has 198 valence electrons. The van der Waals surface area contributed by atoms with Crippen molar-refractivity contribution >= 4 is 11.8 Å². The first-order valence-corrected chi connectivity index (χ1v) is 13.0. The van der Waals surface area contributed by atoms with Crippen molar-refractivity contribution in [3.05, 3.63) is 77.2 Å². The number of amides is 2. The number of rotatable bonds is 14. The maximum atomic E-state index is 13.3. The summed E-state index contributed by atoms with van der Waals surface area (Å²) in [6, 6.07) is 12.9. The molecule has 3 rings (SSSR count). The Morgan fingerprint density at radius 3 is 2.46 bits per heavy atom. The largest absolute Gasteiger partial charge is 0.445 e. The van der Waals surface area contributed by atoms with Crippen LogP contribution in [0.25, 0.3) is 11.5 Å². The van der Waals surface area contributed by atoms with Crippen LogP contribution in [0.3, 0.4) is 0 Å². The Morgan fingerprint density at radius 1 is 1.05 bits per heavy atom. The maximum absolute atomic E-state index is 13.3. The van der Waals surface area contributed by atoms with Crippen LogP contribution in [0.15, 0.2) is 59.3 Å². The molecule has 0 aliphatic heterocycles. The van der Waals surface area contributed by atoms with Crippen LogP contribution >= 0.6 is 0 Å². The van der Waals surface area contributed by atoms with Gasteiger partial charge in [0.25, 0.3) is 11.8 Å². The second-order valence-corrected chi connectivity index (χ2v) is 9.09. The Hall–Kier alpha value is -3.49. The van der Waals surface area contributed by atoms with Gasteiger partial charge < -0.3 is 25.1 Å². The highest BCUT2D eigenvalue weighted by Gasteiger charge is 2.20. The molecule has 1 heterocycles. The molecule has 8 nitrogen and oxygen atoms in total. The van der Waals surface area contributed by atoms with E-state index in [1.807, 2.05) is 26.0 Å². The van der Waals surface area contributed by atoms with Crippen molar-refractivity contribution in [3.8, 4) is 11.5 Å². The number of hydrogen-bond donors (Lipinski definition) is 2. The SMILES string of the molecule is CCCN(CCC)C(=O)c1cc(C(=O)NCC(N)COCc2cccc(CC)c2)cc(-c2ncco2)c1. The van der Waals surface area contributed by atoms with Gasteiger partial charge >= 0.3 is 0 Å². The van der Waals surface area contributed by atoms with Gasteiger partial charge in [0.05, 0.1) is 19.4 Å². The first kappa shape index (κ1) is 28.1. The third kappa shape index (κ3) is 8.27. The fourth-order valence-electron chi connectivity index (χ4n) is 4.06. The van der Waals surface area contributed by atoms with Crippen LogP contribution in [-0.2, 0) is 17.8 Å². The molecule has 2 amide bonds. The van der Waals surface area contributed by atoms with E-state index in [4.69, 9.17) is 14.9 Å². The van der Waals surface area contributed by atoms with E-state index in [-0.39, 0.29) is 24.4 Å². The number of aryl methyl sites for hydroxylation is 1. The summed E-state index contributed by atoms with van der Waals surface area (Å²) in [5.41, 5.74) is 9.87.